The van der Waals surface area contributed by atoms with Crippen LogP contribution in [0.1, 0.15) is 16.3 Å². The monoisotopic (exact) mass is 253 g/mol. The van der Waals surface area contributed by atoms with Crippen LogP contribution >= 0.6 is 22.9 Å². The predicted octanol–water partition coefficient (Wildman–Crippen LogP) is 3.48. The third kappa shape index (κ3) is 2.74. The first-order chi connectivity index (χ1) is 7.81. The Morgan fingerprint density at radius 1 is 1.44 bits per heavy atom. The van der Waals surface area contributed by atoms with Crippen LogP contribution < -0.4 is 4.74 Å². The second-order valence-electron chi connectivity index (χ2n) is 3.39. The minimum absolute atomic E-state index is 0.481. The van der Waals surface area contributed by atoms with Crippen molar-refractivity contribution in [1.82, 2.24) is 4.98 Å². The van der Waals surface area contributed by atoms with Gasteiger partial charge in [-0.05, 0) is 17.7 Å². The van der Waals surface area contributed by atoms with E-state index in [-0.39, 0.29) is 0 Å². The molecule has 0 unspecified atom stereocenters. The fraction of sp³-hybridized carbons (Fsp3) is 0.250. The van der Waals surface area contributed by atoms with Crippen LogP contribution in [-0.4, -0.2) is 12.1 Å². The van der Waals surface area contributed by atoms with E-state index in [1.807, 2.05) is 23.6 Å². The molecular weight excluding hydrogens is 242 g/mol. The molecule has 0 aliphatic rings. The van der Waals surface area contributed by atoms with Crippen LogP contribution in [0.5, 0.6) is 5.75 Å². The van der Waals surface area contributed by atoms with Gasteiger partial charge in [0.1, 0.15) is 5.75 Å². The minimum atomic E-state index is 0.481. The number of ether oxygens (including phenoxy) is 1. The summed E-state index contributed by atoms with van der Waals surface area (Å²) in [7, 11) is 1.67. The fourth-order valence-electron chi connectivity index (χ4n) is 1.45. The standard InChI is InChI=1S/C12H12ClNOS/c1-15-11-4-2-3-9(5-11)6-12-14-10(7-13)8-16-12/h2-5,8H,6-7H2,1H3. The molecule has 0 N–H and O–H groups in total. The average molecular weight is 254 g/mol. The SMILES string of the molecule is COc1cccc(Cc2nc(CCl)cs2)c1. The number of hydrogen-bond donors (Lipinski definition) is 0. The Hall–Kier alpha value is -1.06. The van der Waals surface area contributed by atoms with Gasteiger partial charge in [0.15, 0.2) is 0 Å². The van der Waals surface area contributed by atoms with E-state index < -0.39 is 0 Å². The summed E-state index contributed by atoms with van der Waals surface area (Å²) in [4.78, 5) is 4.43. The Labute approximate surface area is 104 Å². The lowest BCUT2D eigenvalue weighted by molar-refractivity contribution is 0.414. The smallest absolute Gasteiger partial charge is 0.119 e. The first-order valence-electron chi connectivity index (χ1n) is 4.94. The molecule has 0 saturated heterocycles. The first kappa shape index (κ1) is 11.4. The highest BCUT2D eigenvalue weighted by Crippen LogP contribution is 2.19. The third-order valence-electron chi connectivity index (χ3n) is 2.23. The zero-order valence-electron chi connectivity index (χ0n) is 8.94. The molecule has 0 saturated carbocycles. The summed E-state index contributed by atoms with van der Waals surface area (Å²) >= 11 is 7.36. The Balaban J connectivity index is 2.13. The number of nitrogens with zero attached hydrogens (tertiary/aromatic N) is 1. The molecule has 4 heteroatoms. The molecular formula is C12H12ClNOS. The molecule has 0 atom stereocenters. The molecule has 16 heavy (non-hydrogen) atoms. The van der Waals surface area contributed by atoms with Crippen LogP contribution in [0.2, 0.25) is 0 Å². The van der Waals surface area contributed by atoms with E-state index in [2.05, 4.69) is 11.1 Å². The van der Waals surface area contributed by atoms with Gasteiger partial charge in [-0.2, -0.15) is 0 Å². The minimum Gasteiger partial charge on any atom is -0.497 e. The Kier molecular flexibility index (Phi) is 3.80. The maximum absolute atomic E-state index is 5.72. The topological polar surface area (TPSA) is 22.1 Å². The second kappa shape index (κ2) is 5.32. The lowest BCUT2D eigenvalue weighted by Crippen LogP contribution is -1.89. The third-order valence-corrected chi connectivity index (χ3v) is 3.40. The van der Waals surface area contributed by atoms with E-state index in [1.165, 1.54) is 5.56 Å². The van der Waals surface area contributed by atoms with Crippen LogP contribution in [0.15, 0.2) is 29.6 Å². The van der Waals surface area contributed by atoms with Crippen molar-refractivity contribution in [3.8, 4) is 5.75 Å². The van der Waals surface area contributed by atoms with Gasteiger partial charge >= 0.3 is 0 Å². The van der Waals surface area contributed by atoms with Crippen LogP contribution in [0, 0.1) is 0 Å². The Morgan fingerprint density at radius 2 is 2.31 bits per heavy atom. The van der Waals surface area contributed by atoms with Crippen molar-refractivity contribution in [2.24, 2.45) is 0 Å². The van der Waals surface area contributed by atoms with Gasteiger partial charge in [-0.25, -0.2) is 4.98 Å². The lowest BCUT2D eigenvalue weighted by atomic mass is 10.1. The molecule has 2 rings (SSSR count). The number of rotatable bonds is 4. The van der Waals surface area contributed by atoms with Crippen molar-refractivity contribution in [2.75, 3.05) is 7.11 Å². The molecule has 1 aromatic carbocycles. The van der Waals surface area contributed by atoms with Crippen molar-refractivity contribution in [2.45, 2.75) is 12.3 Å². The van der Waals surface area contributed by atoms with Gasteiger partial charge in [0.2, 0.25) is 0 Å². The molecule has 84 valence electrons. The van der Waals surface area contributed by atoms with Gasteiger partial charge in [-0.3, -0.25) is 0 Å². The summed E-state index contributed by atoms with van der Waals surface area (Å²) in [5.74, 6) is 1.36. The van der Waals surface area contributed by atoms with Gasteiger partial charge in [0.25, 0.3) is 0 Å². The largest absolute Gasteiger partial charge is 0.497 e. The first-order valence-corrected chi connectivity index (χ1v) is 6.35. The van der Waals surface area contributed by atoms with Crippen molar-refractivity contribution < 1.29 is 4.74 Å². The van der Waals surface area contributed by atoms with E-state index in [1.54, 1.807) is 18.4 Å². The van der Waals surface area contributed by atoms with E-state index in [9.17, 15) is 0 Å². The number of methoxy groups -OCH3 is 1. The second-order valence-corrected chi connectivity index (χ2v) is 4.60. The van der Waals surface area contributed by atoms with Crippen molar-refractivity contribution in [3.05, 3.63) is 45.9 Å². The molecule has 2 nitrogen and oxygen atoms in total. The zero-order chi connectivity index (χ0) is 11.4. The van der Waals surface area contributed by atoms with E-state index in [0.717, 1.165) is 22.9 Å². The molecule has 0 radical (unpaired) electrons. The number of halogens is 1. The van der Waals surface area contributed by atoms with E-state index in [0.29, 0.717) is 5.88 Å². The molecule has 1 heterocycles. The van der Waals surface area contributed by atoms with Crippen LogP contribution in [0.25, 0.3) is 0 Å². The van der Waals surface area contributed by atoms with Gasteiger partial charge in [-0.15, -0.1) is 22.9 Å². The summed E-state index contributed by atoms with van der Waals surface area (Å²) in [5, 5.41) is 3.09. The van der Waals surface area contributed by atoms with Crippen molar-refractivity contribution >= 4 is 22.9 Å². The number of alkyl halides is 1. The molecule has 0 aliphatic heterocycles. The van der Waals surface area contributed by atoms with Crippen LogP contribution in [0.4, 0.5) is 0 Å². The molecule has 2 aromatic rings. The summed E-state index contributed by atoms with van der Waals surface area (Å²) in [5.41, 5.74) is 2.15. The predicted molar refractivity (Wildman–Crippen MR) is 67.5 cm³/mol. The molecule has 1 aromatic heterocycles. The maximum atomic E-state index is 5.72. The van der Waals surface area contributed by atoms with Crippen molar-refractivity contribution in [3.63, 3.8) is 0 Å². The Morgan fingerprint density at radius 3 is 3.00 bits per heavy atom. The lowest BCUT2D eigenvalue weighted by Gasteiger charge is -2.02. The molecule has 0 spiro atoms. The summed E-state index contributed by atoms with van der Waals surface area (Å²) < 4.78 is 5.18. The molecule has 0 bridgehead atoms. The Bertz CT molecular complexity index is 470. The zero-order valence-corrected chi connectivity index (χ0v) is 10.5. The van der Waals surface area contributed by atoms with Gasteiger partial charge < -0.3 is 4.74 Å². The number of thiazole rings is 1. The maximum Gasteiger partial charge on any atom is 0.119 e. The summed E-state index contributed by atoms with van der Waals surface area (Å²) in [6.45, 7) is 0. The van der Waals surface area contributed by atoms with Crippen LogP contribution in [0.3, 0.4) is 0 Å². The molecule has 0 fully saturated rings. The highest BCUT2D eigenvalue weighted by atomic mass is 35.5. The highest BCUT2D eigenvalue weighted by molar-refractivity contribution is 7.09. The van der Waals surface area contributed by atoms with Crippen LogP contribution in [-0.2, 0) is 12.3 Å². The van der Waals surface area contributed by atoms with Gasteiger partial charge in [-0.1, -0.05) is 12.1 Å². The molecule has 0 amide bonds. The highest BCUT2D eigenvalue weighted by Gasteiger charge is 2.03. The van der Waals surface area contributed by atoms with E-state index in [4.69, 9.17) is 16.3 Å². The molecule has 0 aliphatic carbocycles. The van der Waals surface area contributed by atoms with Gasteiger partial charge in [0.05, 0.1) is 23.7 Å². The average Bonchev–Trinajstić information content (AvgIpc) is 2.77. The number of hydrogen-bond acceptors (Lipinski definition) is 3. The van der Waals surface area contributed by atoms with E-state index >= 15 is 0 Å². The normalized spacial score (nSPS) is 10.4. The van der Waals surface area contributed by atoms with Crippen molar-refractivity contribution in [1.29, 1.82) is 0 Å². The van der Waals surface area contributed by atoms with Gasteiger partial charge in [0, 0.05) is 11.8 Å². The summed E-state index contributed by atoms with van der Waals surface area (Å²) in [6, 6.07) is 8.03. The fourth-order valence-corrected chi connectivity index (χ4v) is 2.51. The number of aromatic nitrogens is 1. The number of benzene rings is 1. The summed E-state index contributed by atoms with van der Waals surface area (Å²) in [6.07, 6.45) is 0.832. The quantitative estimate of drug-likeness (QED) is 0.779.